The first-order valence-corrected chi connectivity index (χ1v) is 16.0. The van der Waals surface area contributed by atoms with E-state index in [-0.39, 0.29) is 29.2 Å². The summed E-state index contributed by atoms with van der Waals surface area (Å²) in [5.41, 5.74) is -0.633. The summed E-state index contributed by atoms with van der Waals surface area (Å²) in [6, 6.07) is 11.4. The zero-order chi connectivity index (χ0) is 33.3. The number of aromatic nitrogens is 5. The van der Waals surface area contributed by atoms with Crippen molar-refractivity contribution in [2.75, 3.05) is 13.2 Å². The van der Waals surface area contributed by atoms with E-state index in [1.807, 2.05) is 19.1 Å². The molecule has 0 saturated heterocycles. The highest BCUT2D eigenvalue weighted by Gasteiger charge is 2.50. The lowest BCUT2D eigenvalue weighted by atomic mass is 9.76. The van der Waals surface area contributed by atoms with E-state index in [0.717, 1.165) is 36.8 Å². The standard InChI is InChI=1S/C18H24ClN3O.C15H15ClF3N3O/c1-13(2)17-8-5-15(9-14-3-6-16(19)7-4-14)18(17,23)10-22-12-20-11-21-22;1-2-7-23-9-14(22-6-5-20-10-22)21-13-4-3-11(16)8-12(13)15(17,18)19/h3-4,6-7,11-13,15,17,23H,5,8-10H2,1-2H3;3-6,8,10H,2,7,9H2,1H3/b;21-14+. The molecule has 4 aromatic rings. The fourth-order valence-corrected chi connectivity index (χ4v) is 6.25. The summed E-state index contributed by atoms with van der Waals surface area (Å²) in [7, 11) is 0. The van der Waals surface area contributed by atoms with Gasteiger partial charge in [-0.1, -0.05) is 56.1 Å². The Bertz CT molecular complexity index is 1530. The molecule has 1 saturated carbocycles. The molecule has 3 unspecified atom stereocenters. The van der Waals surface area contributed by atoms with Gasteiger partial charge in [-0.3, -0.25) is 9.25 Å². The maximum atomic E-state index is 13.1. The molecule has 1 fully saturated rings. The van der Waals surface area contributed by atoms with Gasteiger partial charge >= 0.3 is 6.18 Å². The summed E-state index contributed by atoms with van der Waals surface area (Å²) in [5, 5.41) is 16.5. The third-order valence-corrected chi connectivity index (χ3v) is 8.64. The van der Waals surface area contributed by atoms with Crippen LogP contribution in [-0.4, -0.2) is 54.1 Å². The third kappa shape index (κ3) is 9.40. The van der Waals surface area contributed by atoms with Gasteiger partial charge in [0, 0.05) is 29.0 Å². The van der Waals surface area contributed by atoms with Crippen LogP contribution < -0.4 is 0 Å². The van der Waals surface area contributed by atoms with Crippen LogP contribution in [0.1, 0.15) is 51.2 Å². The van der Waals surface area contributed by atoms with E-state index in [0.29, 0.717) is 24.9 Å². The second kappa shape index (κ2) is 16.0. The average Bonchev–Trinajstić information content (AvgIpc) is 3.78. The molecule has 8 nitrogen and oxygen atoms in total. The highest BCUT2D eigenvalue weighted by Crippen LogP contribution is 2.47. The molecule has 0 radical (unpaired) electrons. The minimum atomic E-state index is -4.55. The van der Waals surface area contributed by atoms with Gasteiger partial charge in [-0.05, 0) is 79.3 Å². The Balaban J connectivity index is 0.000000209. The molecule has 2 aromatic carbocycles. The quantitative estimate of drug-likeness (QED) is 0.104. The summed E-state index contributed by atoms with van der Waals surface area (Å²) < 4.78 is 48.1. The minimum absolute atomic E-state index is 0.00249. The molecule has 13 heteroatoms. The Morgan fingerprint density at radius 3 is 2.43 bits per heavy atom. The van der Waals surface area contributed by atoms with E-state index < -0.39 is 17.3 Å². The Hall–Kier alpha value is -3.25. The van der Waals surface area contributed by atoms with Gasteiger partial charge in [0.15, 0.2) is 0 Å². The maximum absolute atomic E-state index is 13.1. The molecule has 0 amide bonds. The molecule has 0 spiro atoms. The molecule has 46 heavy (non-hydrogen) atoms. The number of ether oxygens (including phenoxy) is 1. The monoisotopic (exact) mass is 678 g/mol. The van der Waals surface area contributed by atoms with E-state index in [1.165, 1.54) is 41.1 Å². The molecule has 248 valence electrons. The van der Waals surface area contributed by atoms with Crippen LogP contribution in [0, 0.1) is 17.8 Å². The number of imidazole rings is 1. The van der Waals surface area contributed by atoms with Crippen molar-refractivity contribution in [3.8, 4) is 0 Å². The van der Waals surface area contributed by atoms with E-state index >= 15 is 0 Å². The topological polar surface area (TPSA) is 90.4 Å². The van der Waals surface area contributed by atoms with Crippen molar-refractivity contribution in [2.45, 2.75) is 64.8 Å². The number of aliphatic imine (C=N–C) groups is 1. The van der Waals surface area contributed by atoms with Crippen LogP contribution in [0.4, 0.5) is 18.9 Å². The van der Waals surface area contributed by atoms with Crippen LogP contribution in [0.5, 0.6) is 0 Å². The van der Waals surface area contributed by atoms with Gasteiger partial charge in [-0.2, -0.15) is 18.3 Å². The summed E-state index contributed by atoms with van der Waals surface area (Å²) in [4.78, 5) is 12.0. The highest BCUT2D eigenvalue weighted by atomic mass is 35.5. The fraction of sp³-hybridized carbons (Fsp3) is 0.455. The Kier molecular flexibility index (Phi) is 12.4. The molecule has 5 rings (SSSR count). The molecule has 1 aliphatic carbocycles. The van der Waals surface area contributed by atoms with E-state index in [1.54, 1.807) is 17.2 Å². The first-order chi connectivity index (χ1) is 21.9. The van der Waals surface area contributed by atoms with Gasteiger partial charge in [0.1, 0.15) is 31.4 Å². The van der Waals surface area contributed by atoms with Crippen molar-refractivity contribution < 1.29 is 23.0 Å². The van der Waals surface area contributed by atoms with E-state index in [9.17, 15) is 18.3 Å². The van der Waals surface area contributed by atoms with Crippen LogP contribution >= 0.6 is 23.2 Å². The van der Waals surface area contributed by atoms with Gasteiger partial charge in [0.05, 0.1) is 23.4 Å². The lowest BCUT2D eigenvalue weighted by molar-refractivity contribution is -0.137. The molecule has 0 bridgehead atoms. The lowest BCUT2D eigenvalue weighted by Gasteiger charge is -2.37. The second-order valence-corrected chi connectivity index (χ2v) is 12.6. The van der Waals surface area contributed by atoms with Crippen LogP contribution in [0.3, 0.4) is 0 Å². The van der Waals surface area contributed by atoms with Crippen molar-refractivity contribution in [3.63, 3.8) is 0 Å². The van der Waals surface area contributed by atoms with Gasteiger partial charge in [-0.15, -0.1) is 0 Å². The number of rotatable bonds is 10. The number of alkyl halides is 3. The first kappa shape index (κ1) is 35.6. The predicted molar refractivity (Wildman–Crippen MR) is 173 cm³/mol. The number of aliphatic hydroxyl groups is 1. The Labute approximate surface area is 277 Å². The van der Waals surface area contributed by atoms with Gasteiger partial charge in [-0.25, -0.2) is 15.0 Å². The third-order valence-electron chi connectivity index (χ3n) is 8.15. The zero-order valence-corrected chi connectivity index (χ0v) is 27.6. The lowest BCUT2D eigenvalue weighted by Crippen LogP contribution is -2.46. The molecule has 3 atom stereocenters. The molecule has 1 N–H and O–H groups in total. The summed E-state index contributed by atoms with van der Waals surface area (Å²) >= 11 is 11.6. The van der Waals surface area contributed by atoms with Crippen LogP contribution in [0.2, 0.25) is 10.0 Å². The van der Waals surface area contributed by atoms with Gasteiger partial charge < -0.3 is 9.84 Å². The number of halogens is 5. The largest absolute Gasteiger partial charge is 0.418 e. The molecule has 2 aromatic heterocycles. The molecule has 2 heterocycles. The number of hydrogen-bond donors (Lipinski definition) is 1. The Morgan fingerprint density at radius 1 is 1.09 bits per heavy atom. The van der Waals surface area contributed by atoms with E-state index in [2.05, 4.69) is 46.0 Å². The molecular formula is C33H39Cl2F3N6O2. The molecular weight excluding hydrogens is 640 g/mol. The van der Waals surface area contributed by atoms with Crippen LogP contribution in [-0.2, 0) is 23.9 Å². The number of hydrogen-bond acceptors (Lipinski definition) is 6. The number of benzene rings is 2. The van der Waals surface area contributed by atoms with Crippen molar-refractivity contribution in [1.82, 2.24) is 24.3 Å². The molecule has 0 aliphatic heterocycles. The summed E-state index contributed by atoms with van der Waals surface area (Å²) in [5.74, 6) is 1.26. The summed E-state index contributed by atoms with van der Waals surface area (Å²) in [6.07, 6.45) is 6.99. The van der Waals surface area contributed by atoms with Crippen molar-refractivity contribution in [2.24, 2.45) is 22.7 Å². The van der Waals surface area contributed by atoms with E-state index in [4.69, 9.17) is 27.9 Å². The maximum Gasteiger partial charge on any atom is 0.418 e. The summed E-state index contributed by atoms with van der Waals surface area (Å²) in [6.45, 7) is 7.40. The smallest absolute Gasteiger partial charge is 0.387 e. The van der Waals surface area contributed by atoms with Gasteiger partial charge in [0.25, 0.3) is 0 Å². The predicted octanol–water partition coefficient (Wildman–Crippen LogP) is 8.15. The average molecular weight is 680 g/mol. The normalized spacial score (nSPS) is 20.2. The van der Waals surface area contributed by atoms with Crippen molar-refractivity contribution in [3.05, 3.63) is 95.0 Å². The minimum Gasteiger partial charge on any atom is -0.387 e. The zero-order valence-electron chi connectivity index (χ0n) is 26.0. The highest BCUT2D eigenvalue weighted by molar-refractivity contribution is 6.31. The Morgan fingerprint density at radius 2 is 1.83 bits per heavy atom. The second-order valence-electron chi connectivity index (χ2n) is 11.7. The van der Waals surface area contributed by atoms with Crippen LogP contribution in [0.25, 0.3) is 0 Å². The fourth-order valence-electron chi connectivity index (χ4n) is 5.95. The van der Waals surface area contributed by atoms with Crippen molar-refractivity contribution >= 4 is 34.7 Å². The molecule has 1 aliphatic rings. The number of nitrogens with zero attached hydrogens (tertiary/aromatic N) is 6. The SMILES string of the molecule is CC(C)C1CCC(Cc2ccc(Cl)cc2)C1(O)Cn1cncn1.CCCOC/C(=N\c1ccc(Cl)cc1C(F)(F)F)n1ccnc1. The van der Waals surface area contributed by atoms with Crippen molar-refractivity contribution in [1.29, 1.82) is 0 Å². The van der Waals surface area contributed by atoms with Gasteiger partial charge in [0.2, 0.25) is 0 Å². The van der Waals surface area contributed by atoms with Crippen LogP contribution in [0.15, 0.2) is 78.8 Å². The first-order valence-electron chi connectivity index (χ1n) is 15.2.